The highest BCUT2D eigenvalue weighted by Gasteiger charge is 2.41. The molecule has 5 nitrogen and oxygen atoms in total. The van der Waals surface area contributed by atoms with Gasteiger partial charge in [0.25, 0.3) is 5.91 Å². The minimum Gasteiger partial charge on any atom is -0.493 e. The zero-order chi connectivity index (χ0) is 25.5. The Morgan fingerprint density at radius 2 is 1.58 bits per heavy atom. The van der Waals surface area contributed by atoms with Crippen molar-refractivity contribution in [2.75, 3.05) is 26.7 Å². The summed E-state index contributed by atoms with van der Waals surface area (Å²) in [5, 5.41) is 0.644. The average molecular weight is 525 g/mol. The third-order valence-corrected chi connectivity index (χ3v) is 7.26. The third kappa shape index (κ3) is 6.40. The Morgan fingerprint density at radius 3 is 2.25 bits per heavy atom. The predicted molar refractivity (Wildman–Crippen MR) is 144 cm³/mol. The molecule has 1 atom stereocenters. The number of rotatable bonds is 8. The van der Waals surface area contributed by atoms with Crippen LogP contribution in [0.3, 0.4) is 0 Å². The SMILES string of the molecule is CN(Cc1ccccc1)C(=O)C[C@@]1(COc2ccccc2)CCCN(C(=O)c2c(Cl)cccc2Cl)C1. The van der Waals surface area contributed by atoms with E-state index < -0.39 is 5.41 Å². The molecule has 3 aromatic rings. The molecule has 0 aliphatic carbocycles. The summed E-state index contributed by atoms with van der Waals surface area (Å²) >= 11 is 12.7. The quantitative estimate of drug-likeness (QED) is 0.345. The van der Waals surface area contributed by atoms with Crippen molar-refractivity contribution in [2.24, 2.45) is 5.41 Å². The van der Waals surface area contributed by atoms with E-state index in [0.717, 1.165) is 24.2 Å². The molecule has 1 aliphatic heterocycles. The summed E-state index contributed by atoms with van der Waals surface area (Å²) in [4.78, 5) is 30.4. The van der Waals surface area contributed by atoms with Crippen molar-refractivity contribution in [3.63, 3.8) is 0 Å². The lowest BCUT2D eigenvalue weighted by Crippen LogP contribution is -2.50. The number of nitrogens with zero attached hydrogens (tertiary/aromatic N) is 2. The summed E-state index contributed by atoms with van der Waals surface area (Å²) < 4.78 is 6.17. The van der Waals surface area contributed by atoms with Crippen molar-refractivity contribution in [1.82, 2.24) is 9.80 Å². The first-order valence-electron chi connectivity index (χ1n) is 12.1. The van der Waals surface area contributed by atoms with Crippen LogP contribution in [0.1, 0.15) is 35.2 Å². The lowest BCUT2D eigenvalue weighted by atomic mass is 9.77. The van der Waals surface area contributed by atoms with E-state index in [1.807, 2.05) is 67.7 Å². The summed E-state index contributed by atoms with van der Waals surface area (Å²) in [6.07, 6.45) is 1.79. The maximum Gasteiger partial charge on any atom is 0.256 e. The normalized spacial score (nSPS) is 17.5. The smallest absolute Gasteiger partial charge is 0.256 e. The van der Waals surface area contributed by atoms with Crippen LogP contribution in [-0.4, -0.2) is 48.4 Å². The van der Waals surface area contributed by atoms with Gasteiger partial charge in [0.1, 0.15) is 5.75 Å². The Balaban J connectivity index is 1.55. The zero-order valence-electron chi connectivity index (χ0n) is 20.3. The van der Waals surface area contributed by atoms with Crippen molar-refractivity contribution >= 4 is 35.0 Å². The molecular weight excluding hydrogens is 495 g/mol. The molecule has 36 heavy (non-hydrogen) atoms. The van der Waals surface area contributed by atoms with E-state index in [1.54, 1.807) is 28.0 Å². The van der Waals surface area contributed by atoms with Gasteiger partial charge in [0, 0.05) is 38.5 Å². The van der Waals surface area contributed by atoms with Crippen LogP contribution in [-0.2, 0) is 11.3 Å². The van der Waals surface area contributed by atoms with Gasteiger partial charge in [0.05, 0.1) is 22.2 Å². The molecule has 0 unspecified atom stereocenters. The zero-order valence-corrected chi connectivity index (χ0v) is 21.8. The maximum absolute atomic E-state index is 13.5. The standard InChI is InChI=1S/C29H30Cl2N2O3/c1-32(19-22-10-4-2-5-11-22)26(34)18-29(21-36-23-12-6-3-7-13-23)16-9-17-33(20-29)28(35)27-24(30)14-8-15-25(27)31/h2-8,10-15H,9,16-21H2,1H3/t29-/m0/s1. The van der Waals surface area contributed by atoms with Crippen LogP contribution in [0.2, 0.25) is 10.0 Å². The number of hydrogen-bond acceptors (Lipinski definition) is 3. The summed E-state index contributed by atoms with van der Waals surface area (Å²) in [6.45, 7) is 1.79. The number of para-hydroxylation sites is 1. The second-order valence-corrected chi connectivity index (χ2v) is 10.3. The van der Waals surface area contributed by atoms with Gasteiger partial charge >= 0.3 is 0 Å². The van der Waals surface area contributed by atoms with Crippen LogP contribution in [0, 0.1) is 5.41 Å². The Morgan fingerprint density at radius 1 is 0.944 bits per heavy atom. The monoisotopic (exact) mass is 524 g/mol. The largest absolute Gasteiger partial charge is 0.493 e. The van der Waals surface area contributed by atoms with Crippen molar-refractivity contribution in [1.29, 1.82) is 0 Å². The van der Waals surface area contributed by atoms with Gasteiger partial charge in [-0.05, 0) is 42.7 Å². The molecule has 0 aromatic heterocycles. The highest BCUT2D eigenvalue weighted by atomic mass is 35.5. The number of carbonyl (C=O) groups excluding carboxylic acids is 2. The maximum atomic E-state index is 13.5. The summed E-state index contributed by atoms with van der Waals surface area (Å²) in [5.41, 5.74) is 0.823. The molecule has 0 radical (unpaired) electrons. The van der Waals surface area contributed by atoms with E-state index in [2.05, 4.69) is 0 Å². The van der Waals surface area contributed by atoms with Gasteiger partial charge in [-0.1, -0.05) is 77.8 Å². The van der Waals surface area contributed by atoms with Crippen LogP contribution in [0.25, 0.3) is 0 Å². The van der Waals surface area contributed by atoms with Gasteiger partial charge in [-0.25, -0.2) is 0 Å². The lowest BCUT2D eigenvalue weighted by Gasteiger charge is -2.43. The minimum atomic E-state index is -0.542. The lowest BCUT2D eigenvalue weighted by molar-refractivity contribution is -0.134. The molecular formula is C29H30Cl2N2O3. The van der Waals surface area contributed by atoms with E-state index in [9.17, 15) is 9.59 Å². The Kier molecular flexibility index (Phi) is 8.55. The first-order valence-corrected chi connectivity index (χ1v) is 12.8. The van der Waals surface area contributed by atoms with Gasteiger partial charge in [-0.15, -0.1) is 0 Å². The molecule has 2 amide bonds. The molecule has 0 bridgehead atoms. The predicted octanol–water partition coefficient (Wildman–Crippen LogP) is 6.34. The second kappa shape index (κ2) is 11.8. The Bertz CT molecular complexity index is 1170. The van der Waals surface area contributed by atoms with Crippen LogP contribution >= 0.6 is 23.2 Å². The van der Waals surface area contributed by atoms with E-state index in [1.165, 1.54) is 0 Å². The van der Waals surface area contributed by atoms with Crippen LogP contribution < -0.4 is 4.74 Å². The summed E-state index contributed by atoms with van der Waals surface area (Å²) in [7, 11) is 1.82. The van der Waals surface area contributed by atoms with Crippen LogP contribution in [0.15, 0.2) is 78.9 Å². The molecule has 0 spiro atoms. The van der Waals surface area contributed by atoms with Crippen molar-refractivity contribution in [2.45, 2.75) is 25.8 Å². The van der Waals surface area contributed by atoms with E-state index >= 15 is 0 Å². The third-order valence-electron chi connectivity index (χ3n) is 6.63. The van der Waals surface area contributed by atoms with Crippen LogP contribution in [0.5, 0.6) is 5.75 Å². The first-order chi connectivity index (χ1) is 17.4. The van der Waals surface area contributed by atoms with E-state index in [-0.39, 0.29) is 18.2 Å². The number of carbonyl (C=O) groups is 2. The number of ether oxygens (including phenoxy) is 1. The van der Waals surface area contributed by atoms with Gasteiger partial charge in [-0.3, -0.25) is 9.59 Å². The molecule has 188 valence electrons. The molecule has 1 heterocycles. The topological polar surface area (TPSA) is 49.9 Å². The Hall–Kier alpha value is -3.02. The highest BCUT2D eigenvalue weighted by molar-refractivity contribution is 6.39. The number of benzene rings is 3. The first kappa shape index (κ1) is 26.1. The molecule has 0 N–H and O–H groups in total. The molecule has 1 aliphatic rings. The summed E-state index contributed by atoms with van der Waals surface area (Å²) in [5.74, 6) is 0.527. The number of piperidine rings is 1. The fraction of sp³-hybridized carbons (Fsp3) is 0.310. The van der Waals surface area contributed by atoms with E-state index in [0.29, 0.717) is 41.8 Å². The Labute approximate surface area is 222 Å². The van der Waals surface area contributed by atoms with Crippen LogP contribution in [0.4, 0.5) is 0 Å². The number of halogens is 2. The number of hydrogen-bond donors (Lipinski definition) is 0. The van der Waals surface area contributed by atoms with Crippen molar-refractivity contribution < 1.29 is 14.3 Å². The van der Waals surface area contributed by atoms with Crippen molar-refractivity contribution in [3.8, 4) is 5.75 Å². The van der Waals surface area contributed by atoms with E-state index in [4.69, 9.17) is 27.9 Å². The van der Waals surface area contributed by atoms with Gasteiger partial charge in [0.2, 0.25) is 5.91 Å². The number of amides is 2. The molecule has 1 saturated heterocycles. The van der Waals surface area contributed by atoms with Crippen molar-refractivity contribution in [3.05, 3.63) is 100 Å². The van der Waals surface area contributed by atoms with Gasteiger partial charge < -0.3 is 14.5 Å². The second-order valence-electron chi connectivity index (χ2n) is 9.44. The summed E-state index contributed by atoms with van der Waals surface area (Å²) in [6, 6.07) is 24.5. The fourth-order valence-electron chi connectivity index (χ4n) is 4.71. The van der Waals surface area contributed by atoms with Gasteiger partial charge in [-0.2, -0.15) is 0 Å². The molecule has 4 rings (SSSR count). The molecule has 0 saturated carbocycles. The fourth-order valence-corrected chi connectivity index (χ4v) is 5.27. The molecule has 3 aromatic carbocycles. The molecule has 7 heteroatoms. The number of likely N-dealkylation sites (tertiary alicyclic amines) is 1. The molecule has 1 fully saturated rings. The highest BCUT2D eigenvalue weighted by Crippen LogP contribution is 2.37. The average Bonchev–Trinajstić information content (AvgIpc) is 2.88. The van der Waals surface area contributed by atoms with Gasteiger partial charge in [0.15, 0.2) is 0 Å². The minimum absolute atomic E-state index is 0.0144.